The molecule has 2 N–H and O–H groups in total. The highest BCUT2D eigenvalue weighted by molar-refractivity contribution is 6.13. The summed E-state index contributed by atoms with van der Waals surface area (Å²) in [7, 11) is 0. The van der Waals surface area contributed by atoms with E-state index >= 15 is 0 Å². The van der Waals surface area contributed by atoms with Crippen molar-refractivity contribution in [3.63, 3.8) is 0 Å². The van der Waals surface area contributed by atoms with Gasteiger partial charge in [0.1, 0.15) is 0 Å². The summed E-state index contributed by atoms with van der Waals surface area (Å²) in [4.78, 5) is 12.6. The zero-order valence-electron chi connectivity index (χ0n) is 11.9. The van der Waals surface area contributed by atoms with Crippen LogP contribution in [0.1, 0.15) is 38.2 Å². The summed E-state index contributed by atoms with van der Waals surface area (Å²) in [5.74, 6) is 0.00167. The van der Waals surface area contributed by atoms with Gasteiger partial charge in [-0.3, -0.25) is 4.79 Å². The summed E-state index contributed by atoms with van der Waals surface area (Å²) in [6, 6.07) is 9.29. The van der Waals surface area contributed by atoms with Crippen LogP contribution in [0.25, 0.3) is 0 Å². The molecule has 0 unspecified atom stereocenters. The van der Waals surface area contributed by atoms with Gasteiger partial charge in [0.05, 0.1) is 0 Å². The predicted molar refractivity (Wildman–Crippen MR) is 79.7 cm³/mol. The Morgan fingerprint density at radius 1 is 0.842 bits per heavy atom. The van der Waals surface area contributed by atoms with Crippen LogP contribution in [0.5, 0.6) is 0 Å². The molecule has 2 nitrogen and oxygen atoms in total. The number of benzene rings is 2. The molecule has 19 heavy (non-hydrogen) atoms. The van der Waals surface area contributed by atoms with Crippen molar-refractivity contribution in [3.8, 4) is 0 Å². The summed E-state index contributed by atoms with van der Waals surface area (Å²) in [6.45, 7) is 8.02. The van der Waals surface area contributed by atoms with E-state index < -0.39 is 0 Å². The average Bonchev–Trinajstić information content (AvgIpc) is 2.44. The number of carbonyl (C=O) groups excluding carboxylic acids is 1. The predicted octanol–water partition coefficient (Wildman–Crippen LogP) is 3.73. The van der Waals surface area contributed by atoms with E-state index in [-0.39, 0.29) is 5.78 Å². The first-order chi connectivity index (χ1) is 8.95. The summed E-state index contributed by atoms with van der Waals surface area (Å²) in [5.41, 5.74) is 12.4. The van der Waals surface area contributed by atoms with E-state index in [0.29, 0.717) is 16.8 Å². The summed E-state index contributed by atoms with van der Waals surface area (Å²) in [5, 5.41) is 0. The van der Waals surface area contributed by atoms with Gasteiger partial charge in [0, 0.05) is 16.8 Å². The molecule has 0 aliphatic rings. The number of nitrogen functional groups attached to an aromatic ring is 1. The molecule has 0 amide bonds. The van der Waals surface area contributed by atoms with E-state index in [1.807, 2.05) is 58.0 Å². The SMILES string of the molecule is Cc1c(C)c(C)c(C(=O)c2ccccc2)c(N)c1C. The van der Waals surface area contributed by atoms with Gasteiger partial charge in [0.2, 0.25) is 0 Å². The number of hydrogen-bond acceptors (Lipinski definition) is 2. The Morgan fingerprint density at radius 2 is 1.37 bits per heavy atom. The fourth-order valence-electron chi connectivity index (χ4n) is 2.37. The largest absolute Gasteiger partial charge is 0.398 e. The van der Waals surface area contributed by atoms with Crippen molar-refractivity contribution in [2.45, 2.75) is 27.7 Å². The van der Waals surface area contributed by atoms with Gasteiger partial charge in [-0.05, 0) is 49.9 Å². The van der Waals surface area contributed by atoms with Gasteiger partial charge in [0.15, 0.2) is 5.78 Å². The Labute approximate surface area is 114 Å². The monoisotopic (exact) mass is 253 g/mol. The van der Waals surface area contributed by atoms with Crippen LogP contribution < -0.4 is 5.73 Å². The molecule has 0 aliphatic carbocycles. The van der Waals surface area contributed by atoms with Crippen LogP contribution >= 0.6 is 0 Å². The fraction of sp³-hybridized carbons (Fsp3) is 0.235. The van der Waals surface area contributed by atoms with Crippen LogP contribution in [0.15, 0.2) is 30.3 Å². The maximum atomic E-state index is 12.6. The fourth-order valence-corrected chi connectivity index (χ4v) is 2.37. The van der Waals surface area contributed by atoms with Crippen molar-refractivity contribution >= 4 is 11.5 Å². The lowest BCUT2D eigenvalue weighted by Crippen LogP contribution is -2.12. The molecule has 2 heteroatoms. The van der Waals surface area contributed by atoms with E-state index in [2.05, 4.69) is 0 Å². The second-order valence-corrected chi connectivity index (χ2v) is 4.98. The van der Waals surface area contributed by atoms with Crippen LogP contribution in [0, 0.1) is 27.7 Å². The molecule has 0 aromatic heterocycles. The Hall–Kier alpha value is -2.09. The summed E-state index contributed by atoms with van der Waals surface area (Å²) < 4.78 is 0. The number of rotatable bonds is 2. The molecular weight excluding hydrogens is 234 g/mol. The van der Waals surface area contributed by atoms with E-state index in [0.717, 1.165) is 16.7 Å². The maximum Gasteiger partial charge on any atom is 0.195 e. The number of anilines is 1. The highest BCUT2D eigenvalue weighted by Crippen LogP contribution is 2.30. The van der Waals surface area contributed by atoms with Crippen LogP contribution in [-0.2, 0) is 0 Å². The van der Waals surface area contributed by atoms with Gasteiger partial charge < -0.3 is 5.73 Å². The molecule has 2 aromatic rings. The molecule has 2 rings (SSSR count). The van der Waals surface area contributed by atoms with Gasteiger partial charge in [-0.2, -0.15) is 0 Å². The number of hydrogen-bond donors (Lipinski definition) is 1. The smallest absolute Gasteiger partial charge is 0.195 e. The van der Waals surface area contributed by atoms with Crippen LogP contribution in [0.2, 0.25) is 0 Å². The first-order valence-electron chi connectivity index (χ1n) is 6.40. The molecule has 0 fully saturated rings. The van der Waals surface area contributed by atoms with Crippen LogP contribution in [-0.4, -0.2) is 5.78 Å². The van der Waals surface area contributed by atoms with E-state index in [9.17, 15) is 4.79 Å². The molecule has 0 spiro atoms. The molecule has 0 aliphatic heterocycles. The molecule has 0 saturated heterocycles. The van der Waals surface area contributed by atoms with E-state index in [1.54, 1.807) is 0 Å². The van der Waals surface area contributed by atoms with Gasteiger partial charge in [-0.25, -0.2) is 0 Å². The van der Waals surface area contributed by atoms with Gasteiger partial charge >= 0.3 is 0 Å². The minimum absolute atomic E-state index is 0.00167. The minimum Gasteiger partial charge on any atom is -0.398 e. The van der Waals surface area contributed by atoms with Crippen molar-refractivity contribution in [3.05, 3.63) is 63.7 Å². The molecule has 0 heterocycles. The lowest BCUT2D eigenvalue weighted by atomic mass is 9.88. The minimum atomic E-state index is 0.00167. The third-order valence-corrected chi connectivity index (χ3v) is 4.00. The van der Waals surface area contributed by atoms with Crippen molar-refractivity contribution in [2.75, 3.05) is 5.73 Å². The summed E-state index contributed by atoms with van der Waals surface area (Å²) in [6.07, 6.45) is 0. The van der Waals surface area contributed by atoms with Crippen LogP contribution in [0.4, 0.5) is 5.69 Å². The first kappa shape index (κ1) is 13.3. The zero-order valence-corrected chi connectivity index (χ0v) is 11.9. The molecule has 0 bridgehead atoms. The molecule has 0 radical (unpaired) electrons. The molecule has 2 aromatic carbocycles. The lowest BCUT2D eigenvalue weighted by molar-refractivity contribution is 0.103. The Balaban J connectivity index is 2.67. The first-order valence-corrected chi connectivity index (χ1v) is 6.40. The van der Waals surface area contributed by atoms with Crippen LogP contribution in [0.3, 0.4) is 0 Å². The van der Waals surface area contributed by atoms with E-state index in [4.69, 9.17) is 5.73 Å². The van der Waals surface area contributed by atoms with Crippen molar-refractivity contribution < 1.29 is 4.79 Å². The second-order valence-electron chi connectivity index (χ2n) is 4.98. The number of nitrogens with two attached hydrogens (primary N) is 1. The summed E-state index contributed by atoms with van der Waals surface area (Å²) >= 11 is 0. The molecule has 98 valence electrons. The van der Waals surface area contributed by atoms with Gasteiger partial charge in [-0.1, -0.05) is 30.3 Å². The normalized spacial score (nSPS) is 10.5. The van der Waals surface area contributed by atoms with Gasteiger partial charge in [-0.15, -0.1) is 0 Å². The third-order valence-electron chi connectivity index (χ3n) is 4.00. The maximum absolute atomic E-state index is 12.6. The van der Waals surface area contributed by atoms with Crippen molar-refractivity contribution in [1.82, 2.24) is 0 Å². The van der Waals surface area contributed by atoms with Crippen molar-refractivity contribution in [2.24, 2.45) is 0 Å². The Morgan fingerprint density at radius 3 is 1.95 bits per heavy atom. The second kappa shape index (κ2) is 4.88. The third kappa shape index (κ3) is 2.14. The molecule has 0 saturated carbocycles. The quantitative estimate of drug-likeness (QED) is 0.654. The standard InChI is InChI=1S/C17H19NO/c1-10-11(2)13(4)16(18)15(12(10)3)17(19)14-8-6-5-7-9-14/h5-9H,18H2,1-4H3. The zero-order chi connectivity index (χ0) is 14.2. The number of ketones is 1. The number of carbonyl (C=O) groups is 1. The average molecular weight is 253 g/mol. The van der Waals surface area contributed by atoms with Crippen molar-refractivity contribution in [1.29, 1.82) is 0 Å². The Bertz CT molecular complexity index is 613. The molecule has 0 atom stereocenters. The topological polar surface area (TPSA) is 43.1 Å². The highest BCUT2D eigenvalue weighted by Gasteiger charge is 2.19. The lowest BCUT2D eigenvalue weighted by Gasteiger charge is -2.17. The highest BCUT2D eigenvalue weighted by atomic mass is 16.1. The molecular formula is C17H19NO. The van der Waals surface area contributed by atoms with Gasteiger partial charge in [0.25, 0.3) is 0 Å². The Kier molecular flexibility index (Phi) is 3.43. The van der Waals surface area contributed by atoms with E-state index in [1.165, 1.54) is 5.56 Å².